The lowest BCUT2D eigenvalue weighted by molar-refractivity contribution is -0.0893. The van der Waals surface area contributed by atoms with Gasteiger partial charge < -0.3 is 9.76 Å². The number of rotatable bonds is 7. The molecule has 3 aromatic carbocycles. The van der Waals surface area contributed by atoms with Crippen LogP contribution in [-0.4, -0.2) is 28.8 Å². The molecule has 0 aliphatic heterocycles. The zero-order chi connectivity index (χ0) is 23.5. The molecule has 0 atom stereocenters. The monoisotopic (exact) mass is 435 g/mol. The molecule has 33 heavy (non-hydrogen) atoms. The van der Waals surface area contributed by atoms with Crippen molar-refractivity contribution in [3.63, 3.8) is 0 Å². The van der Waals surface area contributed by atoms with Crippen molar-refractivity contribution in [1.29, 1.82) is 0 Å². The number of aromatic nitrogens is 1. The van der Waals surface area contributed by atoms with Crippen molar-refractivity contribution in [1.82, 2.24) is 4.98 Å². The molecule has 1 N–H and O–H groups in total. The van der Waals surface area contributed by atoms with Gasteiger partial charge in [0.2, 0.25) is 0 Å². The molecular formula is C29H30BNO2. The summed E-state index contributed by atoms with van der Waals surface area (Å²) in [6, 6.07) is 33.2. The van der Waals surface area contributed by atoms with Crippen LogP contribution in [-0.2, 0) is 4.65 Å². The van der Waals surface area contributed by atoms with E-state index in [1.54, 1.807) is 13.8 Å². The molecule has 0 aliphatic carbocycles. The zero-order valence-corrected chi connectivity index (χ0v) is 19.7. The molecule has 0 bridgehead atoms. The Morgan fingerprint density at radius 3 is 1.58 bits per heavy atom. The molecular weight excluding hydrogens is 405 g/mol. The Bertz CT molecular complexity index is 1140. The van der Waals surface area contributed by atoms with Crippen LogP contribution in [0.5, 0.6) is 0 Å². The second-order valence-electron chi connectivity index (χ2n) is 9.41. The van der Waals surface area contributed by atoms with Gasteiger partial charge in [0.25, 0.3) is 0 Å². The largest absolute Gasteiger partial charge is 0.427 e. The van der Waals surface area contributed by atoms with E-state index in [0.29, 0.717) is 7.48 Å². The van der Waals surface area contributed by atoms with Gasteiger partial charge in [0, 0.05) is 11.1 Å². The maximum Gasteiger partial charge on any atom is 0.309 e. The lowest BCUT2D eigenvalue weighted by Gasteiger charge is -2.37. The fraction of sp³-hybridized carbons (Fsp3) is 0.207. The third kappa shape index (κ3) is 5.41. The average molecular weight is 435 g/mol. The Balaban J connectivity index is 1.65. The normalized spacial score (nSPS) is 11.9. The highest BCUT2D eigenvalue weighted by atomic mass is 16.5. The smallest absolute Gasteiger partial charge is 0.309 e. The van der Waals surface area contributed by atoms with Gasteiger partial charge in [-0.05, 0) is 51.0 Å². The van der Waals surface area contributed by atoms with Gasteiger partial charge in [-0.25, -0.2) is 4.98 Å². The lowest BCUT2D eigenvalue weighted by atomic mass is 9.82. The third-order valence-corrected chi connectivity index (χ3v) is 6.32. The maximum atomic E-state index is 10.3. The summed E-state index contributed by atoms with van der Waals surface area (Å²) in [6.07, 6.45) is 0. The Labute approximate surface area is 197 Å². The van der Waals surface area contributed by atoms with E-state index in [1.165, 1.54) is 0 Å². The van der Waals surface area contributed by atoms with E-state index in [1.807, 2.05) is 50.2 Å². The molecule has 4 rings (SSSR count). The summed E-state index contributed by atoms with van der Waals surface area (Å²) in [5, 5.41) is 10.3. The summed E-state index contributed by atoms with van der Waals surface area (Å²) in [4.78, 5) is 4.95. The number of pyridine rings is 1. The standard InChI is InChI=1S/C29H30BNO2/c1-28(2,32)29(3,4)33-30-25-17-15-21(16-18-25)24-19-26(22-11-7-5-8-12-22)31-27(20-24)23-13-9-6-10-14-23/h5-20,30,32H,1-4H3. The van der Waals surface area contributed by atoms with Crippen LogP contribution in [0, 0.1) is 0 Å². The van der Waals surface area contributed by atoms with Crippen LogP contribution in [0.3, 0.4) is 0 Å². The van der Waals surface area contributed by atoms with Crippen LogP contribution in [0.2, 0.25) is 0 Å². The SMILES string of the molecule is CC(C)(O)C(C)(C)OBc1ccc(-c2cc(-c3ccccc3)nc(-c3ccccc3)c2)cc1. The van der Waals surface area contributed by atoms with Gasteiger partial charge in [0.05, 0.1) is 22.6 Å². The maximum absolute atomic E-state index is 10.3. The Kier molecular flexibility index (Phi) is 6.50. The van der Waals surface area contributed by atoms with E-state index >= 15 is 0 Å². The Morgan fingerprint density at radius 1 is 0.636 bits per heavy atom. The second kappa shape index (κ2) is 9.34. The number of hydrogen-bond donors (Lipinski definition) is 1. The van der Waals surface area contributed by atoms with Crippen LogP contribution in [0.25, 0.3) is 33.6 Å². The molecule has 0 unspecified atom stereocenters. The number of nitrogens with zero attached hydrogens (tertiary/aromatic N) is 1. The highest BCUT2D eigenvalue weighted by Gasteiger charge is 2.35. The molecule has 0 saturated carbocycles. The van der Waals surface area contributed by atoms with Gasteiger partial charge in [-0.2, -0.15) is 0 Å². The van der Waals surface area contributed by atoms with E-state index in [4.69, 9.17) is 9.64 Å². The van der Waals surface area contributed by atoms with Gasteiger partial charge in [-0.3, -0.25) is 0 Å². The summed E-state index contributed by atoms with van der Waals surface area (Å²) in [5.74, 6) is 0. The highest BCUT2D eigenvalue weighted by molar-refractivity contribution is 6.47. The first-order chi connectivity index (χ1) is 15.7. The molecule has 0 saturated heterocycles. The van der Waals surface area contributed by atoms with Crippen molar-refractivity contribution < 1.29 is 9.76 Å². The highest BCUT2D eigenvalue weighted by Crippen LogP contribution is 2.30. The molecule has 3 nitrogen and oxygen atoms in total. The predicted molar refractivity (Wildman–Crippen MR) is 139 cm³/mol. The molecule has 0 spiro atoms. The minimum atomic E-state index is -0.925. The van der Waals surface area contributed by atoms with Crippen LogP contribution in [0.1, 0.15) is 27.7 Å². The Hall–Kier alpha value is -3.21. The number of aliphatic hydroxyl groups is 1. The lowest BCUT2D eigenvalue weighted by Crippen LogP contribution is -2.49. The van der Waals surface area contributed by atoms with Gasteiger partial charge in [0.15, 0.2) is 0 Å². The second-order valence-corrected chi connectivity index (χ2v) is 9.41. The molecule has 1 heterocycles. The number of benzene rings is 3. The average Bonchev–Trinajstić information content (AvgIpc) is 2.83. The van der Waals surface area contributed by atoms with E-state index in [9.17, 15) is 5.11 Å². The molecule has 0 radical (unpaired) electrons. The van der Waals surface area contributed by atoms with E-state index in [2.05, 4.69) is 60.7 Å². The van der Waals surface area contributed by atoms with Crippen LogP contribution in [0.15, 0.2) is 97.1 Å². The van der Waals surface area contributed by atoms with Crippen molar-refractivity contribution in [2.75, 3.05) is 0 Å². The molecule has 0 fully saturated rings. The van der Waals surface area contributed by atoms with Crippen LogP contribution < -0.4 is 5.46 Å². The fourth-order valence-corrected chi connectivity index (χ4v) is 3.44. The zero-order valence-electron chi connectivity index (χ0n) is 19.7. The minimum absolute atomic E-state index is 0.443. The summed E-state index contributed by atoms with van der Waals surface area (Å²) < 4.78 is 6.02. The first-order valence-electron chi connectivity index (χ1n) is 11.3. The molecule has 0 amide bonds. The van der Waals surface area contributed by atoms with Crippen molar-refractivity contribution in [3.8, 4) is 33.6 Å². The van der Waals surface area contributed by atoms with Crippen molar-refractivity contribution in [2.24, 2.45) is 0 Å². The molecule has 4 heteroatoms. The Morgan fingerprint density at radius 2 is 1.12 bits per heavy atom. The molecule has 1 aromatic heterocycles. The number of hydrogen-bond acceptors (Lipinski definition) is 3. The van der Waals surface area contributed by atoms with Crippen LogP contribution in [0.4, 0.5) is 0 Å². The van der Waals surface area contributed by atoms with E-state index in [0.717, 1.165) is 39.1 Å². The summed E-state index contributed by atoms with van der Waals surface area (Å²) in [7, 11) is 0.443. The van der Waals surface area contributed by atoms with E-state index < -0.39 is 11.2 Å². The minimum Gasteiger partial charge on any atom is -0.427 e. The third-order valence-electron chi connectivity index (χ3n) is 6.32. The van der Waals surface area contributed by atoms with Crippen molar-refractivity contribution in [2.45, 2.75) is 38.9 Å². The fourth-order valence-electron chi connectivity index (χ4n) is 3.44. The van der Waals surface area contributed by atoms with Crippen LogP contribution >= 0.6 is 0 Å². The van der Waals surface area contributed by atoms with Gasteiger partial charge in [-0.15, -0.1) is 0 Å². The van der Waals surface area contributed by atoms with E-state index in [-0.39, 0.29) is 0 Å². The molecule has 166 valence electrons. The summed E-state index contributed by atoms with van der Waals surface area (Å²) in [5.41, 5.74) is 5.82. The summed E-state index contributed by atoms with van der Waals surface area (Å²) in [6.45, 7) is 7.37. The predicted octanol–water partition coefficient (Wildman–Crippen LogP) is 5.63. The molecule has 0 aliphatic rings. The van der Waals surface area contributed by atoms with Gasteiger partial charge >= 0.3 is 7.48 Å². The first kappa shape index (κ1) is 23.0. The van der Waals surface area contributed by atoms with Gasteiger partial charge in [0.1, 0.15) is 0 Å². The molecule has 4 aromatic rings. The van der Waals surface area contributed by atoms with Crippen molar-refractivity contribution in [3.05, 3.63) is 97.1 Å². The van der Waals surface area contributed by atoms with Gasteiger partial charge in [-0.1, -0.05) is 90.4 Å². The quantitative estimate of drug-likeness (QED) is 0.383. The van der Waals surface area contributed by atoms with Crippen molar-refractivity contribution >= 4 is 12.9 Å². The summed E-state index contributed by atoms with van der Waals surface area (Å²) >= 11 is 0. The topological polar surface area (TPSA) is 42.4 Å². The first-order valence-corrected chi connectivity index (χ1v) is 11.3.